The van der Waals surface area contributed by atoms with E-state index in [1.165, 1.54) is 25.3 Å². The number of nitrogens with two attached hydrogens (primary N) is 1. The van der Waals surface area contributed by atoms with Crippen molar-refractivity contribution in [3.05, 3.63) is 11.8 Å². The van der Waals surface area contributed by atoms with Crippen LogP contribution in [0.15, 0.2) is 11.8 Å². The molecule has 0 amide bonds. The van der Waals surface area contributed by atoms with Crippen molar-refractivity contribution in [2.45, 2.75) is 19.3 Å². The maximum atomic E-state index is 6.91. The van der Waals surface area contributed by atoms with Crippen LogP contribution >= 0.6 is 0 Å². The van der Waals surface area contributed by atoms with Gasteiger partial charge in [-0.2, -0.15) is 0 Å². The van der Waals surface area contributed by atoms with Gasteiger partial charge in [0.1, 0.15) is 0 Å². The van der Waals surface area contributed by atoms with E-state index in [2.05, 4.69) is 0 Å². The highest BCUT2D eigenvalue weighted by Crippen LogP contribution is 2.34. The standard InChI is InChI=1S/C7H12N2/c8-4-7(5-9)3-6-1-2-6/h4-6,8H,1-3,9H2/b7-5-,8-4?. The Morgan fingerprint density at radius 1 is 1.67 bits per heavy atom. The average Bonchev–Trinajstić information content (AvgIpc) is 2.66. The molecule has 9 heavy (non-hydrogen) atoms. The Balaban J connectivity index is 2.29. The van der Waals surface area contributed by atoms with Gasteiger partial charge in [-0.05, 0) is 37.0 Å². The first-order valence-electron chi connectivity index (χ1n) is 3.28. The van der Waals surface area contributed by atoms with E-state index < -0.39 is 0 Å². The summed E-state index contributed by atoms with van der Waals surface area (Å²) < 4.78 is 0. The fourth-order valence-electron chi connectivity index (χ4n) is 0.830. The monoisotopic (exact) mass is 124 g/mol. The summed E-state index contributed by atoms with van der Waals surface area (Å²) >= 11 is 0. The Bertz CT molecular complexity index is 134. The van der Waals surface area contributed by atoms with Crippen LogP contribution < -0.4 is 5.73 Å². The van der Waals surface area contributed by atoms with E-state index >= 15 is 0 Å². The molecule has 0 unspecified atom stereocenters. The minimum Gasteiger partial charge on any atom is -0.404 e. The summed E-state index contributed by atoms with van der Waals surface area (Å²) in [6, 6.07) is 0. The van der Waals surface area contributed by atoms with Crippen molar-refractivity contribution in [2.24, 2.45) is 11.7 Å². The molecule has 0 aromatic heterocycles. The van der Waals surface area contributed by atoms with Crippen LogP contribution in [0.5, 0.6) is 0 Å². The lowest BCUT2D eigenvalue weighted by atomic mass is 10.1. The second-order valence-electron chi connectivity index (χ2n) is 2.53. The van der Waals surface area contributed by atoms with Gasteiger partial charge in [0, 0.05) is 6.21 Å². The molecular formula is C7H12N2. The number of nitrogens with one attached hydrogen (secondary N) is 1. The summed E-state index contributed by atoms with van der Waals surface area (Å²) in [5.74, 6) is 0.835. The van der Waals surface area contributed by atoms with E-state index in [1.54, 1.807) is 0 Å². The van der Waals surface area contributed by atoms with Gasteiger partial charge in [0.15, 0.2) is 0 Å². The van der Waals surface area contributed by atoms with Gasteiger partial charge in [0.2, 0.25) is 0 Å². The molecule has 0 heterocycles. The normalized spacial score (nSPS) is 19.8. The smallest absolute Gasteiger partial charge is 0.0224 e. The Labute approximate surface area is 55.3 Å². The molecular weight excluding hydrogens is 112 g/mol. The summed E-state index contributed by atoms with van der Waals surface area (Å²) in [5, 5.41) is 6.91. The fourth-order valence-corrected chi connectivity index (χ4v) is 0.830. The highest BCUT2D eigenvalue weighted by atomic mass is 14.5. The summed E-state index contributed by atoms with van der Waals surface area (Å²) in [6.45, 7) is 0. The van der Waals surface area contributed by atoms with Crippen molar-refractivity contribution in [2.75, 3.05) is 0 Å². The van der Waals surface area contributed by atoms with Crippen LogP contribution in [0.4, 0.5) is 0 Å². The number of allylic oxidation sites excluding steroid dienone is 1. The van der Waals surface area contributed by atoms with Gasteiger partial charge in [-0.25, -0.2) is 0 Å². The van der Waals surface area contributed by atoms with Gasteiger partial charge >= 0.3 is 0 Å². The van der Waals surface area contributed by atoms with Gasteiger partial charge in [0.05, 0.1) is 0 Å². The Morgan fingerprint density at radius 2 is 2.33 bits per heavy atom. The van der Waals surface area contributed by atoms with E-state index in [-0.39, 0.29) is 0 Å². The molecule has 3 N–H and O–H groups in total. The molecule has 0 aromatic carbocycles. The molecule has 0 bridgehead atoms. The topological polar surface area (TPSA) is 49.9 Å². The largest absolute Gasteiger partial charge is 0.404 e. The second-order valence-corrected chi connectivity index (χ2v) is 2.53. The summed E-state index contributed by atoms with van der Waals surface area (Å²) in [6.07, 6.45) is 6.54. The van der Waals surface area contributed by atoms with E-state index in [1.807, 2.05) is 0 Å². The van der Waals surface area contributed by atoms with Gasteiger partial charge in [-0.15, -0.1) is 0 Å². The molecule has 0 aromatic rings. The molecule has 2 heteroatoms. The first-order chi connectivity index (χ1) is 4.36. The van der Waals surface area contributed by atoms with Crippen LogP contribution in [0.3, 0.4) is 0 Å². The quantitative estimate of drug-likeness (QED) is 0.547. The number of rotatable bonds is 3. The first-order valence-corrected chi connectivity index (χ1v) is 3.28. The zero-order chi connectivity index (χ0) is 6.69. The highest BCUT2D eigenvalue weighted by molar-refractivity contribution is 5.75. The summed E-state index contributed by atoms with van der Waals surface area (Å²) in [5.41, 5.74) is 6.22. The minimum absolute atomic E-state index is 0.835. The van der Waals surface area contributed by atoms with E-state index in [0.717, 1.165) is 17.9 Å². The molecule has 1 fully saturated rings. The maximum Gasteiger partial charge on any atom is 0.0224 e. The molecule has 0 saturated heterocycles. The molecule has 1 rings (SSSR count). The molecule has 2 nitrogen and oxygen atoms in total. The van der Waals surface area contributed by atoms with Crippen molar-refractivity contribution in [3.63, 3.8) is 0 Å². The maximum absolute atomic E-state index is 6.91. The minimum atomic E-state index is 0.835. The van der Waals surface area contributed by atoms with Crippen LogP contribution in [0.25, 0.3) is 0 Å². The molecule has 0 aliphatic heterocycles. The van der Waals surface area contributed by atoms with Crippen LogP contribution in [-0.2, 0) is 0 Å². The van der Waals surface area contributed by atoms with Crippen molar-refractivity contribution in [1.82, 2.24) is 0 Å². The van der Waals surface area contributed by atoms with Crippen LogP contribution in [0.2, 0.25) is 0 Å². The third-order valence-electron chi connectivity index (χ3n) is 1.62. The summed E-state index contributed by atoms with van der Waals surface area (Å²) in [7, 11) is 0. The van der Waals surface area contributed by atoms with Crippen LogP contribution in [0, 0.1) is 11.3 Å². The third kappa shape index (κ3) is 1.88. The van der Waals surface area contributed by atoms with Gasteiger partial charge in [-0.3, -0.25) is 0 Å². The fraction of sp³-hybridized carbons (Fsp3) is 0.571. The molecule has 1 aliphatic rings. The van der Waals surface area contributed by atoms with Gasteiger partial charge in [0.25, 0.3) is 0 Å². The SMILES string of the molecule is N=C/C(=C\N)CC1CC1. The van der Waals surface area contributed by atoms with Crippen molar-refractivity contribution < 1.29 is 0 Å². The predicted octanol–water partition coefficient (Wildman–Crippen LogP) is 1.28. The molecule has 1 saturated carbocycles. The Hall–Kier alpha value is -0.790. The van der Waals surface area contributed by atoms with Crippen molar-refractivity contribution in [1.29, 1.82) is 5.41 Å². The second kappa shape index (κ2) is 2.67. The zero-order valence-corrected chi connectivity index (χ0v) is 5.43. The number of hydrogen-bond acceptors (Lipinski definition) is 2. The van der Waals surface area contributed by atoms with E-state index in [0.29, 0.717) is 0 Å². The van der Waals surface area contributed by atoms with Crippen molar-refractivity contribution >= 4 is 6.21 Å². The molecule has 50 valence electrons. The Kier molecular flexibility index (Phi) is 1.88. The van der Waals surface area contributed by atoms with E-state index in [9.17, 15) is 0 Å². The third-order valence-corrected chi connectivity index (χ3v) is 1.62. The average molecular weight is 124 g/mol. The molecule has 0 atom stereocenters. The summed E-state index contributed by atoms with van der Waals surface area (Å²) in [4.78, 5) is 0. The highest BCUT2D eigenvalue weighted by Gasteiger charge is 2.21. The van der Waals surface area contributed by atoms with Crippen molar-refractivity contribution in [3.8, 4) is 0 Å². The Morgan fingerprint density at radius 3 is 2.67 bits per heavy atom. The number of hydrogen-bond donors (Lipinski definition) is 2. The lowest BCUT2D eigenvalue weighted by Crippen LogP contribution is -1.91. The van der Waals surface area contributed by atoms with Crippen LogP contribution in [-0.4, -0.2) is 6.21 Å². The van der Waals surface area contributed by atoms with Crippen LogP contribution in [0.1, 0.15) is 19.3 Å². The molecule has 0 spiro atoms. The predicted molar refractivity (Wildman–Crippen MR) is 38.4 cm³/mol. The van der Waals surface area contributed by atoms with Gasteiger partial charge < -0.3 is 11.1 Å². The van der Waals surface area contributed by atoms with E-state index in [4.69, 9.17) is 11.1 Å². The lowest BCUT2D eigenvalue weighted by molar-refractivity contribution is 0.844. The lowest BCUT2D eigenvalue weighted by Gasteiger charge is -1.93. The molecule has 1 aliphatic carbocycles. The first kappa shape index (κ1) is 6.33. The molecule has 0 radical (unpaired) electrons. The zero-order valence-electron chi connectivity index (χ0n) is 5.43. The van der Waals surface area contributed by atoms with Gasteiger partial charge in [-0.1, -0.05) is 0 Å².